The van der Waals surface area contributed by atoms with Gasteiger partial charge in [-0.1, -0.05) is 52.0 Å². The largest absolute Gasteiger partial charge is 0.463 e. The van der Waals surface area contributed by atoms with Crippen LogP contribution in [-0.4, -0.2) is 59.8 Å². The Bertz CT molecular complexity index is 674. The molecule has 0 N–H and O–H groups in total. The Hall–Kier alpha value is -1.22. The summed E-state index contributed by atoms with van der Waals surface area (Å²) >= 11 is 9.77. The number of benzene rings is 1. The van der Waals surface area contributed by atoms with Gasteiger partial charge in [-0.3, -0.25) is 14.5 Å². The number of nitrogens with zero attached hydrogens (tertiary/aromatic N) is 2. The standard InChI is InChI=1S/C16H17BrN2O3S2/c1-18(2)7-8-22-14(20)10-19-15(21)13(24-16(19)23)9-11-3-5-12(17)6-4-11/h3-6,9H,7-8,10H2,1-2H3/b13-9-. The Morgan fingerprint density at radius 3 is 2.67 bits per heavy atom. The molecule has 1 aliphatic heterocycles. The summed E-state index contributed by atoms with van der Waals surface area (Å²) < 4.78 is 6.44. The van der Waals surface area contributed by atoms with Crippen LogP contribution < -0.4 is 0 Å². The van der Waals surface area contributed by atoms with E-state index >= 15 is 0 Å². The van der Waals surface area contributed by atoms with Gasteiger partial charge in [-0.2, -0.15) is 0 Å². The second-order valence-corrected chi connectivity index (χ2v) is 7.93. The van der Waals surface area contributed by atoms with Crippen molar-refractivity contribution in [1.29, 1.82) is 0 Å². The minimum atomic E-state index is -0.460. The number of esters is 1. The molecular formula is C16H17BrN2O3S2. The van der Waals surface area contributed by atoms with E-state index in [1.807, 2.05) is 43.3 Å². The topological polar surface area (TPSA) is 49.9 Å². The number of rotatable bonds is 6. The summed E-state index contributed by atoms with van der Waals surface area (Å²) in [7, 11) is 3.78. The number of carbonyl (C=O) groups is 2. The average molecular weight is 429 g/mol. The van der Waals surface area contributed by atoms with Gasteiger partial charge in [0.05, 0.1) is 4.91 Å². The van der Waals surface area contributed by atoms with E-state index < -0.39 is 5.97 Å². The number of thioether (sulfide) groups is 1. The SMILES string of the molecule is CN(C)CCOC(=O)CN1C(=O)/C(=C/c2ccc(Br)cc2)SC1=S. The fourth-order valence-corrected chi connectivity index (χ4v) is 3.38. The summed E-state index contributed by atoms with van der Waals surface area (Å²) in [5.74, 6) is -0.726. The Balaban J connectivity index is 1.98. The van der Waals surface area contributed by atoms with Crippen molar-refractivity contribution in [3.8, 4) is 0 Å². The predicted octanol–water partition coefficient (Wildman–Crippen LogP) is 2.76. The Morgan fingerprint density at radius 2 is 2.04 bits per heavy atom. The second kappa shape index (κ2) is 8.75. The molecule has 5 nitrogen and oxygen atoms in total. The lowest BCUT2D eigenvalue weighted by molar-refractivity contribution is -0.146. The molecule has 1 aromatic carbocycles. The number of carbonyl (C=O) groups excluding carboxylic acids is 2. The van der Waals surface area contributed by atoms with Gasteiger partial charge in [0.25, 0.3) is 5.91 Å². The average Bonchev–Trinajstić information content (AvgIpc) is 2.77. The van der Waals surface area contributed by atoms with E-state index in [0.717, 1.165) is 10.0 Å². The van der Waals surface area contributed by atoms with E-state index in [1.54, 1.807) is 6.08 Å². The van der Waals surface area contributed by atoms with Crippen molar-refractivity contribution in [2.75, 3.05) is 33.8 Å². The van der Waals surface area contributed by atoms with Gasteiger partial charge in [0.15, 0.2) is 0 Å². The lowest BCUT2D eigenvalue weighted by Crippen LogP contribution is -2.35. The monoisotopic (exact) mass is 428 g/mol. The molecule has 0 atom stereocenters. The van der Waals surface area contributed by atoms with Crippen molar-refractivity contribution in [1.82, 2.24) is 9.80 Å². The van der Waals surface area contributed by atoms with Crippen LogP contribution in [0.25, 0.3) is 6.08 Å². The van der Waals surface area contributed by atoms with Gasteiger partial charge >= 0.3 is 5.97 Å². The molecule has 24 heavy (non-hydrogen) atoms. The highest BCUT2D eigenvalue weighted by Crippen LogP contribution is 2.32. The molecule has 1 aliphatic rings. The molecule has 0 unspecified atom stereocenters. The zero-order chi connectivity index (χ0) is 17.7. The fraction of sp³-hybridized carbons (Fsp3) is 0.312. The lowest BCUT2D eigenvalue weighted by atomic mass is 10.2. The number of ether oxygens (including phenoxy) is 1. The summed E-state index contributed by atoms with van der Waals surface area (Å²) in [5, 5.41) is 0. The molecular weight excluding hydrogens is 412 g/mol. The summed E-state index contributed by atoms with van der Waals surface area (Å²) in [4.78, 5) is 28.0. The number of thiocarbonyl (C=S) groups is 1. The minimum Gasteiger partial charge on any atom is -0.463 e. The molecule has 0 aromatic heterocycles. The molecule has 0 bridgehead atoms. The van der Waals surface area contributed by atoms with Gasteiger partial charge < -0.3 is 9.64 Å². The van der Waals surface area contributed by atoms with Crippen LogP contribution in [0.5, 0.6) is 0 Å². The zero-order valence-electron chi connectivity index (χ0n) is 13.3. The number of likely N-dealkylation sites (N-methyl/N-ethyl adjacent to an activating group) is 1. The van der Waals surface area contributed by atoms with Gasteiger partial charge in [-0.05, 0) is 37.9 Å². The molecule has 1 fully saturated rings. The predicted molar refractivity (Wildman–Crippen MR) is 104 cm³/mol. The molecule has 1 aromatic rings. The van der Waals surface area contributed by atoms with Crippen LogP contribution in [0.3, 0.4) is 0 Å². The third-order valence-corrected chi connectivity index (χ3v) is 5.04. The maximum atomic E-state index is 12.4. The first kappa shape index (κ1) is 19.1. The van der Waals surface area contributed by atoms with E-state index in [2.05, 4.69) is 15.9 Å². The van der Waals surface area contributed by atoms with Crippen molar-refractivity contribution in [2.45, 2.75) is 0 Å². The highest BCUT2D eigenvalue weighted by Gasteiger charge is 2.33. The number of hydrogen-bond donors (Lipinski definition) is 0. The summed E-state index contributed by atoms with van der Waals surface area (Å²) in [6.07, 6.45) is 1.77. The van der Waals surface area contributed by atoms with Crippen molar-refractivity contribution >= 4 is 62.2 Å². The van der Waals surface area contributed by atoms with E-state index in [4.69, 9.17) is 17.0 Å². The third-order valence-electron chi connectivity index (χ3n) is 3.13. The molecule has 128 valence electrons. The minimum absolute atomic E-state index is 0.157. The maximum Gasteiger partial charge on any atom is 0.326 e. The van der Waals surface area contributed by atoms with Gasteiger partial charge in [0, 0.05) is 11.0 Å². The van der Waals surface area contributed by atoms with Crippen LogP contribution in [0.2, 0.25) is 0 Å². The van der Waals surface area contributed by atoms with Gasteiger partial charge in [-0.25, -0.2) is 0 Å². The van der Waals surface area contributed by atoms with Crippen LogP contribution in [-0.2, 0) is 14.3 Å². The molecule has 2 rings (SSSR count). The van der Waals surface area contributed by atoms with E-state index in [0.29, 0.717) is 15.8 Å². The molecule has 0 saturated carbocycles. The fourth-order valence-electron chi connectivity index (χ4n) is 1.86. The Labute approximate surface area is 159 Å². The van der Waals surface area contributed by atoms with Crippen LogP contribution >= 0.6 is 39.9 Å². The quantitative estimate of drug-likeness (QED) is 0.394. The molecule has 0 aliphatic carbocycles. The van der Waals surface area contributed by atoms with E-state index in [1.165, 1.54) is 16.7 Å². The Kier molecular flexibility index (Phi) is 6.97. The zero-order valence-corrected chi connectivity index (χ0v) is 16.5. The first-order valence-corrected chi connectivity index (χ1v) is 9.20. The summed E-state index contributed by atoms with van der Waals surface area (Å²) in [6, 6.07) is 7.58. The molecule has 1 heterocycles. The van der Waals surface area contributed by atoms with Crippen LogP contribution in [0.4, 0.5) is 0 Å². The van der Waals surface area contributed by atoms with Gasteiger partial charge in [0.2, 0.25) is 0 Å². The first-order chi connectivity index (χ1) is 11.4. The van der Waals surface area contributed by atoms with Crippen LogP contribution in [0.15, 0.2) is 33.6 Å². The molecule has 0 spiro atoms. The summed E-state index contributed by atoms with van der Waals surface area (Å²) in [6.45, 7) is 0.763. The summed E-state index contributed by atoms with van der Waals surface area (Å²) in [5.41, 5.74) is 0.896. The van der Waals surface area contributed by atoms with Gasteiger partial charge in [0.1, 0.15) is 17.5 Å². The first-order valence-electron chi connectivity index (χ1n) is 7.18. The highest BCUT2D eigenvalue weighted by atomic mass is 79.9. The maximum absolute atomic E-state index is 12.4. The van der Waals surface area contributed by atoms with E-state index in [-0.39, 0.29) is 19.1 Å². The van der Waals surface area contributed by atoms with Crippen molar-refractivity contribution in [3.63, 3.8) is 0 Å². The number of amides is 1. The van der Waals surface area contributed by atoms with Crippen molar-refractivity contribution in [2.24, 2.45) is 0 Å². The van der Waals surface area contributed by atoms with Crippen molar-refractivity contribution < 1.29 is 14.3 Å². The van der Waals surface area contributed by atoms with Crippen LogP contribution in [0.1, 0.15) is 5.56 Å². The second-order valence-electron chi connectivity index (χ2n) is 5.34. The smallest absolute Gasteiger partial charge is 0.326 e. The van der Waals surface area contributed by atoms with Crippen LogP contribution in [0, 0.1) is 0 Å². The van der Waals surface area contributed by atoms with E-state index in [9.17, 15) is 9.59 Å². The molecule has 0 radical (unpaired) electrons. The highest BCUT2D eigenvalue weighted by molar-refractivity contribution is 9.10. The third kappa shape index (κ3) is 5.41. The molecule has 8 heteroatoms. The van der Waals surface area contributed by atoms with Gasteiger partial charge in [-0.15, -0.1) is 0 Å². The number of hydrogen-bond acceptors (Lipinski definition) is 6. The molecule has 1 amide bonds. The number of halogens is 1. The normalized spacial score (nSPS) is 16.3. The van der Waals surface area contributed by atoms with Crippen molar-refractivity contribution in [3.05, 3.63) is 39.2 Å². The molecule has 1 saturated heterocycles. The lowest BCUT2D eigenvalue weighted by Gasteiger charge is -2.14. The Morgan fingerprint density at radius 1 is 1.38 bits per heavy atom.